The molecule has 3 nitrogen and oxygen atoms in total. The summed E-state index contributed by atoms with van der Waals surface area (Å²) in [6, 6.07) is 1.91. The predicted molar refractivity (Wildman–Crippen MR) is 64.8 cm³/mol. The average molecular weight is 261 g/mol. The Balaban J connectivity index is 2.08. The fourth-order valence-electron chi connectivity index (χ4n) is 2.08. The van der Waals surface area contributed by atoms with Crippen molar-refractivity contribution in [2.75, 3.05) is 13.2 Å². The quantitative estimate of drug-likeness (QED) is 0.848. The van der Waals surface area contributed by atoms with Crippen molar-refractivity contribution in [3.05, 3.63) is 28.0 Å². The van der Waals surface area contributed by atoms with Gasteiger partial charge in [-0.05, 0) is 25.5 Å². The van der Waals surface area contributed by atoms with E-state index in [1.807, 2.05) is 0 Å². The summed E-state index contributed by atoms with van der Waals surface area (Å²) in [5.74, 6) is 0. The van der Waals surface area contributed by atoms with E-state index in [4.69, 9.17) is 23.2 Å². The zero-order chi connectivity index (χ0) is 11.5. The molecule has 1 aromatic heterocycles. The molecule has 1 N–H and O–H groups in total. The third kappa shape index (κ3) is 2.66. The number of aliphatic hydroxyl groups is 1. The molecule has 5 heteroatoms. The van der Waals surface area contributed by atoms with Crippen LogP contribution in [0.5, 0.6) is 0 Å². The van der Waals surface area contributed by atoms with Crippen molar-refractivity contribution in [1.29, 1.82) is 0 Å². The highest BCUT2D eigenvalue weighted by Crippen LogP contribution is 2.24. The number of nitrogens with zero attached hydrogens (tertiary/aromatic N) is 2. The number of halogens is 2. The maximum absolute atomic E-state index is 9.22. The normalized spacial score (nSPS) is 21.6. The smallest absolute Gasteiger partial charge is 0.130 e. The molecule has 0 spiro atoms. The van der Waals surface area contributed by atoms with Gasteiger partial charge in [0.2, 0.25) is 0 Å². The largest absolute Gasteiger partial charge is 0.395 e. The molecule has 1 aliphatic rings. The van der Waals surface area contributed by atoms with Gasteiger partial charge in [0.05, 0.1) is 6.61 Å². The van der Waals surface area contributed by atoms with Crippen molar-refractivity contribution in [3.8, 4) is 0 Å². The first kappa shape index (κ1) is 12.1. The minimum atomic E-state index is 0.207. The molecule has 1 aromatic rings. The highest BCUT2D eigenvalue weighted by Gasteiger charge is 2.24. The fraction of sp³-hybridized carbons (Fsp3) is 0.545. The average Bonchev–Trinajstić information content (AvgIpc) is 2.69. The van der Waals surface area contributed by atoms with Crippen LogP contribution in [0.15, 0.2) is 12.3 Å². The monoisotopic (exact) mass is 260 g/mol. The van der Waals surface area contributed by atoms with Crippen LogP contribution in [-0.2, 0) is 6.54 Å². The number of hydrogen-bond donors (Lipinski definition) is 1. The highest BCUT2D eigenvalue weighted by atomic mass is 35.5. The Morgan fingerprint density at radius 2 is 2.31 bits per heavy atom. The standard InChI is InChI=1S/C11H14Cl2N2O/c12-10-4-11(13)14-5-8(10)6-15-3-1-2-9(15)7-16/h4-5,9,16H,1-3,6-7H2. The van der Waals surface area contributed by atoms with E-state index in [0.29, 0.717) is 10.2 Å². The molecule has 1 unspecified atom stereocenters. The first-order valence-electron chi connectivity index (χ1n) is 5.35. The summed E-state index contributed by atoms with van der Waals surface area (Å²) in [5.41, 5.74) is 0.964. The van der Waals surface area contributed by atoms with Gasteiger partial charge in [-0.3, -0.25) is 4.90 Å². The maximum atomic E-state index is 9.22. The molecule has 2 rings (SSSR count). The zero-order valence-electron chi connectivity index (χ0n) is 8.87. The lowest BCUT2D eigenvalue weighted by Gasteiger charge is -2.22. The van der Waals surface area contributed by atoms with Gasteiger partial charge in [-0.2, -0.15) is 0 Å². The third-order valence-electron chi connectivity index (χ3n) is 2.98. The lowest BCUT2D eigenvalue weighted by molar-refractivity contribution is 0.153. The van der Waals surface area contributed by atoms with E-state index in [2.05, 4.69) is 9.88 Å². The Kier molecular flexibility index (Phi) is 4.03. The van der Waals surface area contributed by atoms with Crippen LogP contribution in [0.1, 0.15) is 18.4 Å². The van der Waals surface area contributed by atoms with Crippen LogP contribution < -0.4 is 0 Å². The fourth-order valence-corrected chi connectivity index (χ4v) is 2.51. The lowest BCUT2D eigenvalue weighted by Crippen LogP contribution is -2.31. The molecule has 1 fully saturated rings. The number of hydrogen-bond acceptors (Lipinski definition) is 3. The van der Waals surface area contributed by atoms with Crippen LogP contribution in [0.2, 0.25) is 10.2 Å². The van der Waals surface area contributed by atoms with Crippen LogP contribution in [-0.4, -0.2) is 34.2 Å². The van der Waals surface area contributed by atoms with E-state index in [1.54, 1.807) is 12.3 Å². The number of aliphatic hydroxyl groups excluding tert-OH is 1. The molecule has 0 amide bonds. The van der Waals surface area contributed by atoms with E-state index < -0.39 is 0 Å². The first-order chi connectivity index (χ1) is 7.70. The second-order valence-electron chi connectivity index (χ2n) is 4.05. The van der Waals surface area contributed by atoms with Crippen molar-refractivity contribution in [3.63, 3.8) is 0 Å². The van der Waals surface area contributed by atoms with E-state index in [0.717, 1.165) is 31.5 Å². The minimum Gasteiger partial charge on any atom is -0.395 e. The molecular formula is C11H14Cl2N2O. The summed E-state index contributed by atoms with van der Waals surface area (Å²) < 4.78 is 0. The van der Waals surface area contributed by atoms with Crippen LogP contribution in [0.4, 0.5) is 0 Å². The lowest BCUT2D eigenvalue weighted by atomic mass is 10.2. The summed E-state index contributed by atoms with van der Waals surface area (Å²) in [5, 5.41) is 10.3. The van der Waals surface area contributed by atoms with Gasteiger partial charge in [-0.15, -0.1) is 0 Å². The van der Waals surface area contributed by atoms with Crippen molar-refractivity contribution >= 4 is 23.2 Å². The number of likely N-dealkylation sites (tertiary alicyclic amines) is 1. The number of rotatable bonds is 3. The van der Waals surface area contributed by atoms with Crippen molar-refractivity contribution in [2.24, 2.45) is 0 Å². The molecule has 0 aromatic carbocycles. The maximum Gasteiger partial charge on any atom is 0.130 e. The third-order valence-corrected chi connectivity index (χ3v) is 3.54. The number of pyridine rings is 1. The molecule has 16 heavy (non-hydrogen) atoms. The Morgan fingerprint density at radius 3 is 3.00 bits per heavy atom. The topological polar surface area (TPSA) is 36.4 Å². The highest BCUT2D eigenvalue weighted by molar-refractivity contribution is 6.34. The van der Waals surface area contributed by atoms with Crippen LogP contribution >= 0.6 is 23.2 Å². The zero-order valence-corrected chi connectivity index (χ0v) is 10.4. The van der Waals surface area contributed by atoms with Crippen molar-refractivity contribution in [2.45, 2.75) is 25.4 Å². The van der Waals surface area contributed by atoms with Crippen LogP contribution in [0.25, 0.3) is 0 Å². The Morgan fingerprint density at radius 1 is 1.50 bits per heavy atom. The summed E-state index contributed by atoms with van der Waals surface area (Å²) >= 11 is 11.8. The Bertz CT molecular complexity index is 373. The summed E-state index contributed by atoms with van der Waals surface area (Å²) in [4.78, 5) is 6.26. The Labute approximate surface area is 105 Å². The van der Waals surface area contributed by atoms with E-state index in [9.17, 15) is 5.11 Å². The molecule has 0 aliphatic carbocycles. The van der Waals surface area contributed by atoms with E-state index in [1.165, 1.54) is 0 Å². The van der Waals surface area contributed by atoms with Gasteiger partial charge < -0.3 is 5.11 Å². The van der Waals surface area contributed by atoms with E-state index in [-0.39, 0.29) is 12.6 Å². The molecule has 0 saturated carbocycles. The molecule has 0 bridgehead atoms. The minimum absolute atomic E-state index is 0.207. The predicted octanol–water partition coefficient (Wildman–Crippen LogP) is 2.35. The van der Waals surface area contributed by atoms with Gasteiger partial charge in [0.15, 0.2) is 0 Å². The molecule has 1 aliphatic heterocycles. The second kappa shape index (κ2) is 5.32. The van der Waals surface area contributed by atoms with Gasteiger partial charge in [0.25, 0.3) is 0 Å². The van der Waals surface area contributed by atoms with Crippen LogP contribution in [0.3, 0.4) is 0 Å². The SMILES string of the molecule is OCC1CCCN1Cc1cnc(Cl)cc1Cl. The molecule has 88 valence electrons. The van der Waals surface area contributed by atoms with Crippen molar-refractivity contribution < 1.29 is 5.11 Å². The summed E-state index contributed by atoms with van der Waals surface area (Å²) in [7, 11) is 0. The van der Waals surface area contributed by atoms with Gasteiger partial charge in [-0.25, -0.2) is 4.98 Å². The van der Waals surface area contributed by atoms with Gasteiger partial charge in [0.1, 0.15) is 5.15 Å². The summed E-state index contributed by atoms with van der Waals surface area (Å²) in [6.45, 7) is 1.94. The van der Waals surface area contributed by atoms with Gasteiger partial charge >= 0.3 is 0 Å². The number of aromatic nitrogens is 1. The molecular weight excluding hydrogens is 247 g/mol. The molecule has 1 atom stereocenters. The van der Waals surface area contributed by atoms with E-state index >= 15 is 0 Å². The molecule has 2 heterocycles. The molecule has 1 saturated heterocycles. The first-order valence-corrected chi connectivity index (χ1v) is 6.11. The van der Waals surface area contributed by atoms with Crippen LogP contribution in [0, 0.1) is 0 Å². The second-order valence-corrected chi connectivity index (χ2v) is 4.84. The Hall–Kier alpha value is -0.350. The van der Waals surface area contributed by atoms with Gasteiger partial charge in [-0.1, -0.05) is 23.2 Å². The molecule has 0 radical (unpaired) electrons. The summed E-state index contributed by atoms with van der Waals surface area (Å²) in [6.07, 6.45) is 3.89. The van der Waals surface area contributed by atoms with Gasteiger partial charge in [0, 0.05) is 29.4 Å². The van der Waals surface area contributed by atoms with Crippen molar-refractivity contribution in [1.82, 2.24) is 9.88 Å².